The summed E-state index contributed by atoms with van der Waals surface area (Å²) in [6.45, 7) is 3.88. The summed E-state index contributed by atoms with van der Waals surface area (Å²) in [6.07, 6.45) is 1.22. The van der Waals surface area contributed by atoms with Crippen molar-refractivity contribution < 1.29 is 24.1 Å². The Bertz CT molecular complexity index is 431. The molecule has 0 heterocycles. The highest BCUT2D eigenvalue weighted by molar-refractivity contribution is 5.73. The molecule has 0 amide bonds. The summed E-state index contributed by atoms with van der Waals surface area (Å²) >= 11 is 0. The third kappa shape index (κ3) is 4.64. The van der Waals surface area contributed by atoms with Gasteiger partial charge in [-0.25, -0.2) is 0 Å². The lowest BCUT2D eigenvalue weighted by atomic mass is 9.88. The zero-order valence-corrected chi connectivity index (χ0v) is 12.4. The number of hydrogen-bond acceptors (Lipinski definition) is 4. The molecule has 0 atom stereocenters. The minimum Gasteiger partial charge on any atom is -0.496 e. The number of methoxy groups -OCH3 is 2. The van der Waals surface area contributed by atoms with Gasteiger partial charge in [0.15, 0.2) is 0 Å². The maximum absolute atomic E-state index is 11.0. The molecule has 112 valence electrons. The van der Waals surface area contributed by atoms with Crippen molar-refractivity contribution in [2.24, 2.45) is 5.41 Å². The molecule has 5 nitrogen and oxygen atoms in total. The van der Waals surface area contributed by atoms with Gasteiger partial charge in [0.25, 0.3) is 0 Å². The summed E-state index contributed by atoms with van der Waals surface area (Å²) in [5.74, 6) is 1.17. The molecule has 0 aliphatic heterocycles. The number of hydrogen-bond donors (Lipinski definition) is 1. The van der Waals surface area contributed by atoms with E-state index in [1.807, 2.05) is 0 Å². The molecule has 1 rings (SSSR count). The molecule has 20 heavy (non-hydrogen) atoms. The van der Waals surface area contributed by atoms with Crippen LogP contribution in [-0.4, -0.2) is 31.9 Å². The highest BCUT2D eigenvalue weighted by Gasteiger charge is 2.26. The lowest BCUT2D eigenvalue weighted by Gasteiger charge is -2.18. The summed E-state index contributed by atoms with van der Waals surface area (Å²) in [6, 6.07) is 5.30. The molecular formula is C15H22O5. The zero-order valence-electron chi connectivity index (χ0n) is 12.4. The average molecular weight is 282 g/mol. The third-order valence-electron chi connectivity index (χ3n) is 3.12. The summed E-state index contributed by atoms with van der Waals surface area (Å²) < 4.78 is 15.9. The summed E-state index contributed by atoms with van der Waals surface area (Å²) in [5.41, 5.74) is -0.727. The Morgan fingerprint density at radius 3 is 2.05 bits per heavy atom. The van der Waals surface area contributed by atoms with Crippen molar-refractivity contribution in [3.05, 3.63) is 18.2 Å². The van der Waals surface area contributed by atoms with Crippen LogP contribution in [0.15, 0.2) is 18.2 Å². The largest absolute Gasteiger partial charge is 0.496 e. The average Bonchev–Trinajstić information content (AvgIpc) is 2.43. The Kier molecular flexibility index (Phi) is 5.67. The van der Waals surface area contributed by atoms with E-state index in [0.717, 1.165) is 0 Å². The van der Waals surface area contributed by atoms with Gasteiger partial charge in [-0.15, -0.1) is 0 Å². The van der Waals surface area contributed by atoms with Crippen LogP contribution in [0.2, 0.25) is 0 Å². The predicted octanol–water partition coefficient (Wildman–Crippen LogP) is 2.97. The van der Waals surface area contributed by atoms with Gasteiger partial charge in [0, 0.05) is 18.2 Å². The van der Waals surface area contributed by atoms with Gasteiger partial charge in [0.2, 0.25) is 0 Å². The van der Waals surface area contributed by atoms with Crippen LogP contribution in [0.25, 0.3) is 0 Å². The molecule has 0 aliphatic carbocycles. The van der Waals surface area contributed by atoms with Gasteiger partial charge in [-0.05, 0) is 26.7 Å². The van der Waals surface area contributed by atoms with Crippen molar-refractivity contribution in [1.82, 2.24) is 0 Å². The fraction of sp³-hybridized carbons (Fsp3) is 0.533. The lowest BCUT2D eigenvalue weighted by molar-refractivity contribution is -0.147. The van der Waals surface area contributed by atoms with Gasteiger partial charge in [-0.1, -0.05) is 0 Å². The van der Waals surface area contributed by atoms with Crippen molar-refractivity contribution in [3.8, 4) is 17.2 Å². The van der Waals surface area contributed by atoms with Gasteiger partial charge in [0.1, 0.15) is 17.2 Å². The predicted molar refractivity (Wildman–Crippen MR) is 75.7 cm³/mol. The number of carboxylic acid groups (broad SMARTS) is 1. The number of benzene rings is 1. The van der Waals surface area contributed by atoms with E-state index in [1.54, 1.807) is 46.3 Å². The number of carbonyl (C=O) groups is 1. The van der Waals surface area contributed by atoms with Crippen LogP contribution in [0.3, 0.4) is 0 Å². The molecule has 0 spiro atoms. The Morgan fingerprint density at radius 1 is 1.10 bits per heavy atom. The third-order valence-corrected chi connectivity index (χ3v) is 3.12. The molecule has 0 aromatic heterocycles. The lowest BCUT2D eigenvalue weighted by Crippen LogP contribution is -2.24. The first-order valence-electron chi connectivity index (χ1n) is 6.48. The second-order valence-corrected chi connectivity index (χ2v) is 5.19. The van der Waals surface area contributed by atoms with E-state index < -0.39 is 11.4 Å². The second kappa shape index (κ2) is 7.03. The summed E-state index contributed by atoms with van der Waals surface area (Å²) in [4.78, 5) is 11.0. The molecule has 5 heteroatoms. The molecule has 0 aliphatic rings. The fourth-order valence-corrected chi connectivity index (χ4v) is 1.68. The normalized spacial score (nSPS) is 11.0. The van der Waals surface area contributed by atoms with E-state index in [9.17, 15) is 4.79 Å². The molecule has 0 unspecified atom stereocenters. The fourth-order valence-electron chi connectivity index (χ4n) is 1.68. The standard InChI is InChI=1S/C15H22O5/c1-15(2,14(16)17)6-5-7-20-13-9-11(18-3)8-12(10-13)19-4/h8-10H,5-7H2,1-4H3,(H,16,17). The van der Waals surface area contributed by atoms with Crippen LogP contribution in [0.1, 0.15) is 26.7 Å². The van der Waals surface area contributed by atoms with E-state index in [1.165, 1.54) is 0 Å². The molecule has 1 aromatic rings. The highest BCUT2D eigenvalue weighted by atomic mass is 16.5. The molecule has 1 aromatic carbocycles. The molecular weight excluding hydrogens is 260 g/mol. The first-order chi connectivity index (χ1) is 9.39. The molecule has 1 N–H and O–H groups in total. The molecule has 0 fully saturated rings. The van der Waals surface area contributed by atoms with Crippen molar-refractivity contribution in [2.45, 2.75) is 26.7 Å². The molecule has 0 bridgehead atoms. The van der Waals surface area contributed by atoms with Gasteiger partial charge < -0.3 is 19.3 Å². The van der Waals surface area contributed by atoms with Crippen molar-refractivity contribution in [1.29, 1.82) is 0 Å². The van der Waals surface area contributed by atoms with Gasteiger partial charge >= 0.3 is 5.97 Å². The van der Waals surface area contributed by atoms with Crippen LogP contribution in [0.5, 0.6) is 17.2 Å². The van der Waals surface area contributed by atoms with E-state index in [0.29, 0.717) is 36.7 Å². The molecule has 0 radical (unpaired) electrons. The number of carboxylic acids is 1. The first kappa shape index (κ1) is 16.1. The number of aliphatic carboxylic acids is 1. The summed E-state index contributed by atoms with van der Waals surface area (Å²) in [7, 11) is 3.15. The second-order valence-electron chi connectivity index (χ2n) is 5.19. The minimum absolute atomic E-state index is 0.451. The number of ether oxygens (including phenoxy) is 3. The Morgan fingerprint density at radius 2 is 1.60 bits per heavy atom. The van der Waals surface area contributed by atoms with Crippen molar-refractivity contribution in [2.75, 3.05) is 20.8 Å². The van der Waals surface area contributed by atoms with Crippen LogP contribution >= 0.6 is 0 Å². The maximum Gasteiger partial charge on any atom is 0.309 e. The van der Waals surface area contributed by atoms with Gasteiger partial charge in [0.05, 0.1) is 26.2 Å². The van der Waals surface area contributed by atoms with Crippen molar-refractivity contribution >= 4 is 5.97 Å². The van der Waals surface area contributed by atoms with Crippen molar-refractivity contribution in [3.63, 3.8) is 0 Å². The van der Waals surface area contributed by atoms with Crippen LogP contribution in [0, 0.1) is 5.41 Å². The Labute approximate surface area is 119 Å². The quantitative estimate of drug-likeness (QED) is 0.743. The van der Waals surface area contributed by atoms with Gasteiger partial charge in [-0.2, -0.15) is 0 Å². The van der Waals surface area contributed by atoms with E-state index in [4.69, 9.17) is 19.3 Å². The molecule has 0 saturated heterocycles. The van der Waals surface area contributed by atoms with Crippen LogP contribution < -0.4 is 14.2 Å². The van der Waals surface area contributed by atoms with Gasteiger partial charge in [-0.3, -0.25) is 4.79 Å². The SMILES string of the molecule is COc1cc(OC)cc(OCCCC(C)(C)C(=O)O)c1. The Hall–Kier alpha value is -1.91. The first-order valence-corrected chi connectivity index (χ1v) is 6.48. The number of rotatable bonds is 8. The summed E-state index contributed by atoms with van der Waals surface area (Å²) in [5, 5.41) is 9.02. The zero-order chi connectivity index (χ0) is 15.2. The topological polar surface area (TPSA) is 65.0 Å². The monoisotopic (exact) mass is 282 g/mol. The van der Waals surface area contributed by atoms with E-state index in [-0.39, 0.29) is 0 Å². The maximum atomic E-state index is 11.0. The molecule has 0 saturated carbocycles. The van der Waals surface area contributed by atoms with Crippen LogP contribution in [-0.2, 0) is 4.79 Å². The Balaban J connectivity index is 2.52. The van der Waals surface area contributed by atoms with Crippen LogP contribution in [0.4, 0.5) is 0 Å². The van der Waals surface area contributed by atoms with E-state index >= 15 is 0 Å². The smallest absolute Gasteiger partial charge is 0.309 e. The minimum atomic E-state index is -0.791. The van der Waals surface area contributed by atoms with E-state index in [2.05, 4.69) is 0 Å². The highest BCUT2D eigenvalue weighted by Crippen LogP contribution is 2.28.